The highest BCUT2D eigenvalue weighted by atomic mass is 32.2. The lowest BCUT2D eigenvalue weighted by Crippen LogP contribution is -2.14. The SMILES string of the molecule is c1ccc(-c2ccc(N(c3ccccc3)c3cccc4c3c3ccccc3n4-c3ccc(N4c5ccccc5Sc5ccccc54)cc3)cc2)cc1. The minimum absolute atomic E-state index is 1.11. The van der Waals surface area contributed by atoms with E-state index in [4.69, 9.17) is 0 Å². The Morgan fingerprint density at radius 3 is 1.63 bits per heavy atom. The van der Waals surface area contributed by atoms with Gasteiger partial charge in [0.25, 0.3) is 0 Å². The van der Waals surface area contributed by atoms with Crippen LogP contribution in [0.5, 0.6) is 0 Å². The van der Waals surface area contributed by atoms with E-state index in [-0.39, 0.29) is 0 Å². The molecule has 0 saturated carbocycles. The Morgan fingerprint density at radius 2 is 0.923 bits per heavy atom. The average Bonchev–Trinajstić information content (AvgIpc) is 3.56. The fourth-order valence-electron chi connectivity index (χ4n) is 7.64. The topological polar surface area (TPSA) is 11.4 Å². The fraction of sp³-hybridized carbons (Fsp3) is 0. The molecule has 8 aromatic carbocycles. The van der Waals surface area contributed by atoms with E-state index < -0.39 is 0 Å². The lowest BCUT2D eigenvalue weighted by molar-refractivity contribution is 1.15. The lowest BCUT2D eigenvalue weighted by atomic mass is 10.0. The van der Waals surface area contributed by atoms with Crippen molar-refractivity contribution in [3.8, 4) is 16.8 Å². The van der Waals surface area contributed by atoms with Crippen molar-refractivity contribution >= 4 is 67.7 Å². The molecule has 0 fully saturated rings. The summed E-state index contributed by atoms with van der Waals surface area (Å²) in [4.78, 5) is 7.30. The predicted molar refractivity (Wildman–Crippen MR) is 220 cm³/mol. The summed E-state index contributed by atoms with van der Waals surface area (Å²) in [7, 11) is 0. The maximum atomic E-state index is 2.41. The Morgan fingerprint density at radius 1 is 0.385 bits per heavy atom. The minimum atomic E-state index is 1.11. The van der Waals surface area contributed by atoms with Crippen LogP contribution in [0, 0.1) is 0 Å². The van der Waals surface area contributed by atoms with E-state index >= 15 is 0 Å². The Bertz CT molecular complexity index is 2650. The van der Waals surface area contributed by atoms with Crippen LogP contribution in [0.1, 0.15) is 0 Å². The van der Waals surface area contributed by atoms with E-state index in [1.54, 1.807) is 0 Å². The van der Waals surface area contributed by atoms with Gasteiger partial charge in [-0.25, -0.2) is 0 Å². The third-order valence-corrected chi connectivity index (χ3v) is 11.1. The molecule has 1 aromatic heterocycles. The van der Waals surface area contributed by atoms with Crippen LogP contribution in [-0.4, -0.2) is 4.57 Å². The molecule has 52 heavy (non-hydrogen) atoms. The van der Waals surface area contributed by atoms with Gasteiger partial charge in [-0.15, -0.1) is 0 Å². The Labute approximate surface area is 307 Å². The first kappa shape index (κ1) is 30.3. The summed E-state index contributed by atoms with van der Waals surface area (Å²) in [5, 5.41) is 2.43. The van der Waals surface area contributed by atoms with E-state index in [1.807, 2.05) is 11.8 Å². The molecule has 0 bridgehead atoms. The molecule has 10 rings (SSSR count). The molecule has 2 heterocycles. The number of rotatable bonds is 6. The summed E-state index contributed by atoms with van der Waals surface area (Å²) < 4.78 is 2.41. The van der Waals surface area contributed by atoms with Gasteiger partial charge < -0.3 is 14.4 Å². The second-order valence-electron chi connectivity index (χ2n) is 13.0. The van der Waals surface area contributed by atoms with Crippen LogP contribution in [-0.2, 0) is 0 Å². The molecule has 0 N–H and O–H groups in total. The van der Waals surface area contributed by atoms with Crippen molar-refractivity contribution in [3.05, 3.63) is 200 Å². The fourth-order valence-corrected chi connectivity index (χ4v) is 8.69. The van der Waals surface area contributed by atoms with Crippen molar-refractivity contribution in [2.75, 3.05) is 9.80 Å². The van der Waals surface area contributed by atoms with Gasteiger partial charge in [-0.05, 0) is 102 Å². The molecule has 0 radical (unpaired) electrons. The molecule has 1 aliphatic heterocycles. The first-order valence-corrected chi connectivity index (χ1v) is 18.4. The van der Waals surface area contributed by atoms with Gasteiger partial charge >= 0.3 is 0 Å². The van der Waals surface area contributed by atoms with Crippen LogP contribution in [0.4, 0.5) is 34.1 Å². The monoisotopic (exact) mass is 683 g/mol. The van der Waals surface area contributed by atoms with E-state index in [2.05, 4.69) is 215 Å². The number of hydrogen-bond donors (Lipinski definition) is 0. The van der Waals surface area contributed by atoms with Crippen LogP contribution in [0.25, 0.3) is 38.6 Å². The zero-order valence-electron chi connectivity index (χ0n) is 28.3. The molecule has 0 atom stereocenters. The molecular formula is C48H33N3S. The van der Waals surface area contributed by atoms with Gasteiger partial charge in [0.1, 0.15) is 0 Å². The molecule has 3 nitrogen and oxygen atoms in total. The first-order chi connectivity index (χ1) is 25.8. The largest absolute Gasteiger partial charge is 0.310 e. The summed E-state index contributed by atoms with van der Waals surface area (Å²) in [5.74, 6) is 0. The summed E-state index contributed by atoms with van der Waals surface area (Å²) in [5.41, 5.74) is 12.8. The highest BCUT2D eigenvalue weighted by molar-refractivity contribution is 7.99. The molecule has 1 aliphatic rings. The van der Waals surface area contributed by atoms with Crippen molar-refractivity contribution in [2.45, 2.75) is 9.79 Å². The highest BCUT2D eigenvalue weighted by Crippen LogP contribution is 2.51. The molecular weight excluding hydrogens is 651 g/mol. The quantitative estimate of drug-likeness (QED) is 0.173. The molecule has 0 unspecified atom stereocenters. The first-order valence-electron chi connectivity index (χ1n) is 17.6. The van der Waals surface area contributed by atoms with Gasteiger partial charge in [0.15, 0.2) is 0 Å². The molecule has 9 aromatic rings. The lowest BCUT2D eigenvalue weighted by Gasteiger charge is -2.32. The number of nitrogens with zero attached hydrogens (tertiary/aromatic N) is 3. The number of benzene rings is 8. The van der Waals surface area contributed by atoms with Gasteiger partial charge in [0.2, 0.25) is 0 Å². The van der Waals surface area contributed by atoms with Crippen LogP contribution >= 0.6 is 11.8 Å². The Hall–Kier alpha value is -6.49. The molecule has 0 saturated heterocycles. The Kier molecular flexibility index (Phi) is 7.40. The summed E-state index contributed by atoms with van der Waals surface area (Å²) in [6.07, 6.45) is 0. The Balaban J connectivity index is 1.12. The molecule has 0 aliphatic carbocycles. The summed E-state index contributed by atoms with van der Waals surface area (Å²) in [6, 6.07) is 72.1. The zero-order valence-corrected chi connectivity index (χ0v) is 29.1. The van der Waals surface area contributed by atoms with Gasteiger partial charge in [-0.2, -0.15) is 0 Å². The van der Waals surface area contributed by atoms with Crippen molar-refractivity contribution in [1.29, 1.82) is 0 Å². The number of anilines is 6. The third kappa shape index (κ3) is 5.07. The van der Waals surface area contributed by atoms with Crippen LogP contribution in [0.15, 0.2) is 210 Å². The molecule has 246 valence electrons. The van der Waals surface area contributed by atoms with Crippen LogP contribution in [0.2, 0.25) is 0 Å². The van der Waals surface area contributed by atoms with Crippen molar-refractivity contribution < 1.29 is 0 Å². The smallest absolute Gasteiger partial charge is 0.0601 e. The van der Waals surface area contributed by atoms with Crippen LogP contribution < -0.4 is 9.80 Å². The molecule has 4 heteroatoms. The van der Waals surface area contributed by atoms with Crippen molar-refractivity contribution in [1.82, 2.24) is 4.57 Å². The number of hydrogen-bond acceptors (Lipinski definition) is 3. The summed E-state index contributed by atoms with van der Waals surface area (Å²) in [6.45, 7) is 0. The van der Waals surface area contributed by atoms with Gasteiger partial charge in [-0.1, -0.05) is 121 Å². The van der Waals surface area contributed by atoms with Crippen LogP contribution in [0.3, 0.4) is 0 Å². The number of aromatic nitrogens is 1. The third-order valence-electron chi connectivity index (χ3n) is 9.96. The van der Waals surface area contributed by atoms with Gasteiger partial charge in [0.05, 0.1) is 28.1 Å². The molecule has 0 amide bonds. The highest BCUT2D eigenvalue weighted by Gasteiger charge is 2.25. The minimum Gasteiger partial charge on any atom is -0.310 e. The van der Waals surface area contributed by atoms with E-state index in [1.165, 1.54) is 54.1 Å². The van der Waals surface area contributed by atoms with E-state index in [0.717, 1.165) is 28.4 Å². The summed E-state index contributed by atoms with van der Waals surface area (Å²) >= 11 is 1.83. The van der Waals surface area contributed by atoms with Crippen molar-refractivity contribution in [2.24, 2.45) is 0 Å². The van der Waals surface area contributed by atoms with Crippen molar-refractivity contribution in [3.63, 3.8) is 0 Å². The normalized spacial score (nSPS) is 12.1. The second-order valence-corrected chi connectivity index (χ2v) is 14.1. The van der Waals surface area contributed by atoms with Gasteiger partial charge in [0, 0.05) is 43.3 Å². The number of para-hydroxylation sites is 4. The maximum Gasteiger partial charge on any atom is 0.0601 e. The average molecular weight is 684 g/mol. The maximum absolute atomic E-state index is 2.41. The number of fused-ring (bicyclic) bond motifs is 5. The molecule has 0 spiro atoms. The zero-order chi connectivity index (χ0) is 34.4. The second kappa shape index (κ2) is 12.7. The van der Waals surface area contributed by atoms with E-state index in [9.17, 15) is 0 Å². The predicted octanol–water partition coefficient (Wildman–Crippen LogP) is 13.9. The standard InChI is InChI=1S/C48H33N3S/c1-3-14-34(15-4-1)35-26-28-37(29-27-35)49(36-16-5-2-6-17-36)44-22-13-23-45-48(44)40-18-7-8-19-41(40)50(45)38-30-32-39(33-31-38)51-42-20-9-11-24-46(42)52-47-25-12-10-21-43(47)51/h1-33H. The van der Waals surface area contributed by atoms with Gasteiger partial charge in [-0.3, -0.25) is 0 Å². The van der Waals surface area contributed by atoms with E-state index in [0.29, 0.717) is 0 Å².